The van der Waals surface area contributed by atoms with Crippen molar-refractivity contribution in [1.82, 2.24) is 0 Å². The van der Waals surface area contributed by atoms with Gasteiger partial charge in [0.25, 0.3) is 0 Å². The smallest absolute Gasteiger partial charge is 0.370 e. The molecule has 0 unspecified atom stereocenters. The molecule has 36 heavy (non-hydrogen) atoms. The summed E-state index contributed by atoms with van der Waals surface area (Å²) in [5.41, 5.74) is 0. The number of hydrogen-bond donors (Lipinski definition) is 0. The molecular weight excluding hydrogens is 488 g/mol. The summed E-state index contributed by atoms with van der Waals surface area (Å²) < 4.78 is 37.8. The summed E-state index contributed by atoms with van der Waals surface area (Å²) >= 11 is 0. The highest BCUT2D eigenvalue weighted by atomic mass is 28.4. The Balaban J connectivity index is 2.07. The summed E-state index contributed by atoms with van der Waals surface area (Å²) in [6.45, 7) is 15.0. The molecule has 0 aliphatic heterocycles. The van der Waals surface area contributed by atoms with Crippen molar-refractivity contribution in [3.8, 4) is 0 Å². The lowest BCUT2D eigenvalue weighted by Gasteiger charge is -2.31. The van der Waals surface area contributed by atoms with E-state index in [2.05, 4.69) is 48.5 Å². The van der Waals surface area contributed by atoms with Crippen LogP contribution >= 0.6 is 0 Å². The van der Waals surface area contributed by atoms with Crippen LogP contribution in [0, 0.1) is 0 Å². The topological polar surface area (TPSA) is 55.4 Å². The molecule has 0 bridgehead atoms. The van der Waals surface area contributed by atoms with Crippen molar-refractivity contribution in [2.75, 3.05) is 39.6 Å². The molecular formula is C28H38O6Si2. The summed E-state index contributed by atoms with van der Waals surface area (Å²) in [5.74, 6) is 0. The fourth-order valence-electron chi connectivity index (χ4n) is 5.19. The SMILES string of the molecule is CCO[Si](OCC)(OCC)c1ccc2ccc3c([Si](OCC)(OCC)OCC)ccc4ccc1c2c43. The third-order valence-electron chi connectivity index (χ3n) is 6.33. The van der Waals surface area contributed by atoms with E-state index in [1.807, 2.05) is 41.5 Å². The zero-order valence-electron chi connectivity index (χ0n) is 22.3. The second-order valence-corrected chi connectivity index (χ2v) is 13.4. The van der Waals surface area contributed by atoms with E-state index in [1.165, 1.54) is 10.8 Å². The molecule has 8 heteroatoms. The van der Waals surface area contributed by atoms with Crippen molar-refractivity contribution in [2.24, 2.45) is 0 Å². The summed E-state index contributed by atoms with van der Waals surface area (Å²) in [7, 11) is -6.23. The van der Waals surface area contributed by atoms with Crippen molar-refractivity contribution in [2.45, 2.75) is 41.5 Å². The van der Waals surface area contributed by atoms with Gasteiger partial charge in [-0.2, -0.15) is 0 Å². The zero-order chi connectivity index (χ0) is 25.8. The van der Waals surface area contributed by atoms with Gasteiger partial charge >= 0.3 is 17.6 Å². The fraction of sp³-hybridized carbons (Fsp3) is 0.429. The summed E-state index contributed by atoms with van der Waals surface area (Å²) in [6, 6.07) is 17.2. The van der Waals surface area contributed by atoms with Gasteiger partial charge in [0.05, 0.1) is 0 Å². The van der Waals surface area contributed by atoms with E-state index < -0.39 is 17.6 Å². The monoisotopic (exact) mass is 526 g/mol. The van der Waals surface area contributed by atoms with Crippen LogP contribution in [0.2, 0.25) is 0 Å². The van der Waals surface area contributed by atoms with E-state index in [1.54, 1.807) is 0 Å². The average molecular weight is 527 g/mol. The first-order valence-corrected chi connectivity index (χ1v) is 16.5. The normalized spacial score (nSPS) is 12.9. The Morgan fingerprint density at radius 2 is 0.694 bits per heavy atom. The highest BCUT2D eigenvalue weighted by Crippen LogP contribution is 2.35. The van der Waals surface area contributed by atoms with Crippen LogP contribution in [0.4, 0.5) is 0 Å². The molecule has 0 radical (unpaired) electrons. The largest absolute Gasteiger partial charge is 0.537 e. The number of hydrogen-bond acceptors (Lipinski definition) is 6. The first-order valence-electron chi connectivity index (χ1n) is 13.1. The van der Waals surface area contributed by atoms with E-state index in [9.17, 15) is 0 Å². The van der Waals surface area contributed by atoms with Crippen molar-refractivity contribution in [3.05, 3.63) is 48.5 Å². The number of benzene rings is 4. The summed E-state index contributed by atoms with van der Waals surface area (Å²) in [6.07, 6.45) is 0. The second-order valence-electron chi connectivity index (χ2n) is 8.36. The molecule has 0 amide bonds. The third-order valence-corrected chi connectivity index (χ3v) is 12.5. The Bertz CT molecular complexity index is 1160. The molecule has 0 spiro atoms. The molecule has 4 aromatic rings. The van der Waals surface area contributed by atoms with Crippen LogP contribution in [0.25, 0.3) is 32.3 Å². The van der Waals surface area contributed by atoms with Gasteiger partial charge in [-0.15, -0.1) is 0 Å². The lowest BCUT2D eigenvalue weighted by molar-refractivity contribution is 0.0854. The van der Waals surface area contributed by atoms with Crippen LogP contribution < -0.4 is 10.4 Å². The standard InChI is InChI=1S/C28H38O6Si2/c1-7-29-35(30-8-2,31-9-3)25-19-15-21-14-18-24-26(36(32-10-4,33-11-5)34-12-6)20-16-22-13-17-23(25)27(21)28(22)24/h13-20H,7-12H2,1-6H3. The van der Waals surface area contributed by atoms with Gasteiger partial charge in [-0.05, 0) is 73.9 Å². The predicted octanol–water partition coefficient (Wildman–Crippen LogP) is 5.09. The Labute approximate surface area is 216 Å². The van der Waals surface area contributed by atoms with Gasteiger partial charge in [0.15, 0.2) is 0 Å². The molecule has 4 rings (SSSR count). The minimum Gasteiger partial charge on any atom is -0.370 e. The lowest BCUT2D eigenvalue weighted by Crippen LogP contribution is -2.57. The van der Waals surface area contributed by atoms with E-state index in [-0.39, 0.29) is 0 Å². The zero-order valence-corrected chi connectivity index (χ0v) is 24.3. The van der Waals surface area contributed by atoms with Crippen molar-refractivity contribution < 1.29 is 26.6 Å². The highest BCUT2D eigenvalue weighted by Gasteiger charge is 2.46. The van der Waals surface area contributed by atoms with E-state index in [0.717, 1.165) is 31.9 Å². The first kappa shape index (κ1) is 27.2. The van der Waals surface area contributed by atoms with Gasteiger partial charge in [0.1, 0.15) is 0 Å². The quantitative estimate of drug-likeness (QED) is 0.168. The fourth-order valence-corrected chi connectivity index (χ4v) is 10.6. The van der Waals surface area contributed by atoms with Crippen LogP contribution in [0.5, 0.6) is 0 Å². The molecule has 0 fully saturated rings. The summed E-state index contributed by atoms with van der Waals surface area (Å²) in [4.78, 5) is 0. The Kier molecular flexibility index (Phi) is 8.80. The van der Waals surface area contributed by atoms with Crippen LogP contribution in [0.15, 0.2) is 48.5 Å². The predicted molar refractivity (Wildman–Crippen MR) is 151 cm³/mol. The first-order chi connectivity index (χ1) is 17.5. The van der Waals surface area contributed by atoms with E-state index in [0.29, 0.717) is 39.6 Å². The van der Waals surface area contributed by atoms with Crippen LogP contribution in [-0.2, 0) is 26.6 Å². The van der Waals surface area contributed by atoms with E-state index in [4.69, 9.17) is 26.6 Å². The van der Waals surface area contributed by atoms with E-state index >= 15 is 0 Å². The summed E-state index contributed by atoms with van der Waals surface area (Å²) in [5, 5.41) is 8.87. The van der Waals surface area contributed by atoms with Gasteiger partial charge in [0, 0.05) is 50.0 Å². The molecule has 6 nitrogen and oxygen atoms in total. The maximum Gasteiger partial charge on any atom is 0.537 e. The molecule has 0 aromatic heterocycles. The highest BCUT2D eigenvalue weighted by molar-refractivity contribution is 6.79. The molecule has 0 heterocycles. The molecule has 0 saturated carbocycles. The molecule has 0 aliphatic carbocycles. The van der Waals surface area contributed by atoms with Gasteiger partial charge in [-0.3, -0.25) is 0 Å². The molecule has 4 aromatic carbocycles. The van der Waals surface area contributed by atoms with Crippen LogP contribution in [0.3, 0.4) is 0 Å². The lowest BCUT2D eigenvalue weighted by atomic mass is 9.94. The maximum atomic E-state index is 6.30. The number of rotatable bonds is 14. The third kappa shape index (κ3) is 4.61. The van der Waals surface area contributed by atoms with Crippen molar-refractivity contribution in [3.63, 3.8) is 0 Å². The maximum absolute atomic E-state index is 6.30. The van der Waals surface area contributed by atoms with Crippen molar-refractivity contribution >= 4 is 60.3 Å². The minimum atomic E-state index is -3.12. The Morgan fingerprint density at radius 1 is 0.417 bits per heavy atom. The van der Waals surface area contributed by atoms with Gasteiger partial charge in [0.2, 0.25) is 0 Å². The van der Waals surface area contributed by atoms with Gasteiger partial charge in [-0.25, -0.2) is 0 Å². The van der Waals surface area contributed by atoms with Crippen LogP contribution in [0.1, 0.15) is 41.5 Å². The molecule has 0 N–H and O–H groups in total. The van der Waals surface area contributed by atoms with Gasteiger partial charge < -0.3 is 26.6 Å². The molecule has 194 valence electrons. The van der Waals surface area contributed by atoms with Crippen LogP contribution in [-0.4, -0.2) is 57.3 Å². The van der Waals surface area contributed by atoms with Gasteiger partial charge in [-0.1, -0.05) is 48.5 Å². The minimum absolute atomic E-state index is 0.517. The Hall–Kier alpha value is -1.89. The average Bonchev–Trinajstić information content (AvgIpc) is 2.88. The molecule has 0 saturated heterocycles. The Morgan fingerprint density at radius 3 is 0.972 bits per heavy atom. The molecule has 0 aliphatic rings. The second kappa shape index (κ2) is 11.7. The van der Waals surface area contributed by atoms with Crippen molar-refractivity contribution in [1.29, 1.82) is 0 Å². The molecule has 0 atom stereocenters.